The standard InChI is InChI=1S/C9HF12NO2/c10-6(11,12)3(7(13,14)15)2(1-22)24-5(23)4(8(16,17)18)9(19,20)21/h4H. The van der Waals surface area contributed by atoms with Gasteiger partial charge in [-0.15, -0.1) is 0 Å². The zero-order chi connectivity index (χ0) is 19.7. The molecule has 0 aromatic rings. The molecule has 0 aliphatic carbocycles. The first-order valence-corrected chi connectivity index (χ1v) is 4.97. The van der Waals surface area contributed by atoms with Crippen molar-refractivity contribution in [2.45, 2.75) is 24.7 Å². The van der Waals surface area contributed by atoms with Crippen LogP contribution >= 0.6 is 0 Å². The highest BCUT2D eigenvalue weighted by Crippen LogP contribution is 2.43. The molecule has 0 N–H and O–H groups in total. The summed E-state index contributed by atoms with van der Waals surface area (Å²) in [4.78, 5) is 10.8. The lowest BCUT2D eigenvalue weighted by molar-refractivity contribution is -0.280. The molecule has 0 aliphatic heterocycles. The fraction of sp³-hybridized carbons (Fsp3) is 0.556. The molecule has 0 aliphatic rings. The fourth-order valence-electron chi connectivity index (χ4n) is 1.16. The minimum absolute atomic E-state index is 0.0342. The molecule has 0 bridgehead atoms. The lowest BCUT2D eigenvalue weighted by atomic mass is 10.1. The van der Waals surface area contributed by atoms with Crippen molar-refractivity contribution in [2.24, 2.45) is 5.92 Å². The normalized spacial score (nSPS) is 13.5. The highest BCUT2D eigenvalue weighted by Gasteiger charge is 2.63. The fourth-order valence-corrected chi connectivity index (χ4v) is 1.16. The molecule has 138 valence electrons. The number of ether oxygens (including phenoxy) is 1. The van der Waals surface area contributed by atoms with E-state index in [-0.39, 0.29) is 6.07 Å². The van der Waals surface area contributed by atoms with Gasteiger partial charge in [-0.1, -0.05) is 0 Å². The summed E-state index contributed by atoms with van der Waals surface area (Å²) < 4.78 is 149. The van der Waals surface area contributed by atoms with Crippen LogP contribution in [-0.2, 0) is 9.53 Å². The van der Waals surface area contributed by atoms with Crippen LogP contribution < -0.4 is 0 Å². The van der Waals surface area contributed by atoms with Gasteiger partial charge in [0.1, 0.15) is 6.07 Å². The van der Waals surface area contributed by atoms with Gasteiger partial charge in [-0.25, -0.2) is 0 Å². The number of halogens is 12. The third-order valence-electron chi connectivity index (χ3n) is 1.99. The molecule has 0 aromatic heterocycles. The number of esters is 1. The second-order valence-electron chi connectivity index (χ2n) is 3.75. The van der Waals surface area contributed by atoms with Crippen molar-refractivity contribution in [1.29, 1.82) is 5.26 Å². The molecule has 15 heteroatoms. The van der Waals surface area contributed by atoms with Gasteiger partial charge in [-0.2, -0.15) is 57.9 Å². The highest BCUT2D eigenvalue weighted by atomic mass is 19.4. The summed E-state index contributed by atoms with van der Waals surface area (Å²) in [7, 11) is 0. The number of nitriles is 1. The van der Waals surface area contributed by atoms with Gasteiger partial charge in [-0.05, 0) is 0 Å². The van der Waals surface area contributed by atoms with Gasteiger partial charge in [0.25, 0.3) is 0 Å². The average Bonchev–Trinajstić information content (AvgIpc) is 2.19. The molecule has 0 saturated carbocycles. The molecule has 0 atom stereocenters. The van der Waals surface area contributed by atoms with Crippen molar-refractivity contribution >= 4 is 5.97 Å². The quantitative estimate of drug-likeness (QED) is 0.311. The van der Waals surface area contributed by atoms with E-state index < -0.39 is 47.9 Å². The topological polar surface area (TPSA) is 50.1 Å². The van der Waals surface area contributed by atoms with Gasteiger partial charge in [0.2, 0.25) is 11.7 Å². The van der Waals surface area contributed by atoms with Crippen molar-refractivity contribution in [3.63, 3.8) is 0 Å². The van der Waals surface area contributed by atoms with Gasteiger partial charge >= 0.3 is 30.7 Å². The Morgan fingerprint density at radius 1 is 0.792 bits per heavy atom. The van der Waals surface area contributed by atoms with Crippen molar-refractivity contribution in [3.05, 3.63) is 11.3 Å². The Labute approximate surface area is 123 Å². The number of carbonyl (C=O) groups excluding carboxylic acids is 1. The predicted octanol–water partition coefficient (Wildman–Crippen LogP) is 4.17. The van der Waals surface area contributed by atoms with Crippen LogP contribution in [0.2, 0.25) is 0 Å². The Bertz CT molecular complexity index is 526. The Hall–Kier alpha value is -2.14. The Kier molecular flexibility index (Phi) is 5.83. The van der Waals surface area contributed by atoms with Crippen LogP contribution in [0.15, 0.2) is 11.3 Å². The second kappa shape index (κ2) is 6.40. The Morgan fingerprint density at radius 3 is 1.33 bits per heavy atom. The van der Waals surface area contributed by atoms with Gasteiger partial charge in [-0.3, -0.25) is 4.79 Å². The average molecular weight is 383 g/mol. The van der Waals surface area contributed by atoms with Crippen molar-refractivity contribution in [3.8, 4) is 6.07 Å². The van der Waals surface area contributed by atoms with Gasteiger partial charge in [0, 0.05) is 0 Å². The SMILES string of the molecule is N#CC(OC(=O)C(C(F)(F)F)C(F)(F)F)=C(C(F)(F)F)C(F)(F)F. The summed E-state index contributed by atoms with van der Waals surface area (Å²) in [6, 6.07) is -0.0342. The maximum atomic E-state index is 12.2. The molecule has 0 heterocycles. The van der Waals surface area contributed by atoms with E-state index in [1.54, 1.807) is 0 Å². The summed E-state index contributed by atoms with van der Waals surface area (Å²) >= 11 is 0. The van der Waals surface area contributed by atoms with Crippen LogP contribution in [0.25, 0.3) is 0 Å². The maximum absolute atomic E-state index is 12.2. The zero-order valence-corrected chi connectivity index (χ0v) is 10.4. The zero-order valence-electron chi connectivity index (χ0n) is 10.4. The molecule has 0 rings (SSSR count). The summed E-state index contributed by atoms with van der Waals surface area (Å²) in [6.45, 7) is 0. The summed E-state index contributed by atoms with van der Waals surface area (Å²) in [5, 5.41) is 8.11. The van der Waals surface area contributed by atoms with E-state index >= 15 is 0 Å². The van der Waals surface area contributed by atoms with E-state index in [0.717, 1.165) is 0 Å². The summed E-state index contributed by atoms with van der Waals surface area (Å²) in [5.74, 6) is -11.7. The van der Waals surface area contributed by atoms with Crippen LogP contribution in [0, 0.1) is 17.2 Å². The third-order valence-corrected chi connectivity index (χ3v) is 1.99. The molecule has 0 spiro atoms. The minimum Gasteiger partial charge on any atom is -0.414 e. The van der Waals surface area contributed by atoms with Crippen molar-refractivity contribution < 1.29 is 62.2 Å². The molecule has 0 unspecified atom stereocenters. The molecule has 0 radical (unpaired) electrons. The number of rotatable bonds is 2. The molecular weight excluding hydrogens is 382 g/mol. The minimum atomic E-state index is -6.45. The molecule has 0 fully saturated rings. The van der Waals surface area contributed by atoms with E-state index in [1.807, 2.05) is 0 Å². The van der Waals surface area contributed by atoms with Crippen LogP contribution in [0.1, 0.15) is 0 Å². The lowest BCUT2D eigenvalue weighted by Gasteiger charge is -2.22. The predicted molar refractivity (Wildman–Crippen MR) is 46.4 cm³/mol. The van der Waals surface area contributed by atoms with Crippen LogP contribution in [-0.4, -0.2) is 30.7 Å². The monoisotopic (exact) mass is 383 g/mol. The van der Waals surface area contributed by atoms with E-state index in [9.17, 15) is 57.5 Å². The van der Waals surface area contributed by atoms with E-state index in [0.29, 0.717) is 0 Å². The number of alkyl halides is 12. The lowest BCUT2D eigenvalue weighted by Crippen LogP contribution is -2.43. The molecule has 0 saturated heterocycles. The third kappa shape index (κ3) is 5.49. The smallest absolute Gasteiger partial charge is 0.414 e. The number of allylic oxidation sites excluding steroid dienone is 2. The summed E-state index contributed by atoms with van der Waals surface area (Å²) in [6.07, 6.45) is -25.8. The largest absolute Gasteiger partial charge is 0.425 e. The number of nitrogens with zero attached hydrogens (tertiary/aromatic N) is 1. The van der Waals surface area contributed by atoms with Crippen molar-refractivity contribution in [2.75, 3.05) is 0 Å². The van der Waals surface area contributed by atoms with E-state index in [4.69, 9.17) is 5.26 Å². The first-order chi connectivity index (χ1) is 10.3. The Balaban J connectivity index is 6.12. The van der Waals surface area contributed by atoms with Gasteiger partial charge in [0.15, 0.2) is 5.57 Å². The highest BCUT2D eigenvalue weighted by molar-refractivity contribution is 5.76. The van der Waals surface area contributed by atoms with Crippen molar-refractivity contribution in [1.82, 2.24) is 0 Å². The molecule has 3 nitrogen and oxygen atoms in total. The molecule has 24 heavy (non-hydrogen) atoms. The molecule has 0 amide bonds. The van der Waals surface area contributed by atoms with Crippen LogP contribution in [0.4, 0.5) is 52.7 Å². The van der Waals surface area contributed by atoms with Crippen LogP contribution in [0.3, 0.4) is 0 Å². The van der Waals surface area contributed by atoms with Gasteiger partial charge < -0.3 is 4.74 Å². The molecule has 0 aromatic carbocycles. The van der Waals surface area contributed by atoms with E-state index in [1.165, 1.54) is 0 Å². The van der Waals surface area contributed by atoms with Gasteiger partial charge in [0.05, 0.1) is 0 Å². The number of carbonyl (C=O) groups is 1. The second-order valence-corrected chi connectivity index (χ2v) is 3.75. The molecular formula is C9HF12NO2. The maximum Gasteiger partial charge on any atom is 0.425 e. The Morgan fingerprint density at radius 2 is 1.12 bits per heavy atom. The number of hydrogen-bond donors (Lipinski definition) is 0. The van der Waals surface area contributed by atoms with E-state index in [2.05, 4.69) is 4.74 Å². The number of hydrogen-bond acceptors (Lipinski definition) is 3. The first-order valence-electron chi connectivity index (χ1n) is 4.97. The van der Waals surface area contributed by atoms with Crippen LogP contribution in [0.5, 0.6) is 0 Å². The first kappa shape index (κ1) is 21.9. The summed E-state index contributed by atoms with van der Waals surface area (Å²) in [5.41, 5.74) is -3.87.